The van der Waals surface area contributed by atoms with E-state index in [1.165, 1.54) is 5.56 Å². The molecular formula is C27H32N4O4. The monoisotopic (exact) mass is 476 g/mol. The normalized spacial score (nSPS) is 16.4. The number of pyridine rings is 1. The van der Waals surface area contributed by atoms with Crippen molar-refractivity contribution in [1.29, 1.82) is 0 Å². The Hall–Kier alpha value is -3.36. The van der Waals surface area contributed by atoms with Gasteiger partial charge in [-0.2, -0.15) is 0 Å². The number of anilines is 1. The number of likely N-dealkylation sites (tertiary alicyclic amines) is 1. The molecule has 1 amide bonds. The number of amides is 1. The van der Waals surface area contributed by atoms with Gasteiger partial charge in [0.05, 0.1) is 5.52 Å². The van der Waals surface area contributed by atoms with E-state index >= 15 is 0 Å². The lowest BCUT2D eigenvalue weighted by atomic mass is 10.0. The predicted molar refractivity (Wildman–Crippen MR) is 136 cm³/mol. The minimum Gasteiger partial charge on any atom is -0.486 e. The number of carbonyl (C=O) groups excluding carboxylic acids is 1. The van der Waals surface area contributed by atoms with Crippen molar-refractivity contribution in [3.8, 4) is 11.5 Å². The molecule has 2 aromatic carbocycles. The van der Waals surface area contributed by atoms with Crippen LogP contribution >= 0.6 is 0 Å². The number of fused-ring (bicyclic) bond motifs is 2. The van der Waals surface area contributed by atoms with Gasteiger partial charge in [-0.3, -0.25) is 9.59 Å². The summed E-state index contributed by atoms with van der Waals surface area (Å²) < 4.78 is 13.1. The summed E-state index contributed by atoms with van der Waals surface area (Å²) in [5.74, 6) is 1.66. The number of carbonyl (C=O) groups is 1. The first-order valence-corrected chi connectivity index (χ1v) is 12.3. The number of aryl methyl sites for hydroxylation is 1. The molecule has 3 aromatic rings. The summed E-state index contributed by atoms with van der Waals surface area (Å²) in [7, 11) is 0. The van der Waals surface area contributed by atoms with Crippen molar-refractivity contribution in [2.24, 2.45) is 0 Å². The average Bonchev–Trinajstić information content (AvgIpc) is 2.88. The molecule has 8 nitrogen and oxygen atoms in total. The molecule has 0 aliphatic carbocycles. The number of piperidine rings is 1. The number of nitrogens with zero attached hydrogens (tertiary/aromatic N) is 2. The molecule has 1 saturated heterocycles. The van der Waals surface area contributed by atoms with Crippen molar-refractivity contribution >= 4 is 23.0 Å². The van der Waals surface area contributed by atoms with Crippen LogP contribution in [0.3, 0.4) is 0 Å². The highest BCUT2D eigenvalue weighted by Crippen LogP contribution is 2.30. The van der Waals surface area contributed by atoms with Crippen LogP contribution in [0.25, 0.3) is 10.9 Å². The summed E-state index contributed by atoms with van der Waals surface area (Å²) in [6, 6.07) is 14.0. The van der Waals surface area contributed by atoms with Crippen molar-refractivity contribution in [2.75, 3.05) is 38.2 Å². The Labute approximate surface area is 204 Å². The molecule has 0 unspecified atom stereocenters. The first-order valence-electron chi connectivity index (χ1n) is 12.3. The van der Waals surface area contributed by atoms with E-state index in [9.17, 15) is 9.59 Å². The lowest BCUT2D eigenvalue weighted by Gasteiger charge is -2.32. The molecule has 8 heteroatoms. The molecule has 184 valence electrons. The second-order valence-electron chi connectivity index (χ2n) is 9.29. The molecule has 0 saturated carbocycles. The maximum absolute atomic E-state index is 12.8. The fraction of sp³-hybridized carbons (Fsp3) is 0.407. The van der Waals surface area contributed by atoms with E-state index < -0.39 is 0 Å². The van der Waals surface area contributed by atoms with Crippen LogP contribution in [0.5, 0.6) is 11.5 Å². The fourth-order valence-corrected chi connectivity index (χ4v) is 5.00. The molecule has 1 aromatic heterocycles. The molecule has 2 aliphatic heterocycles. The number of hydrogen-bond acceptors (Lipinski definition) is 6. The van der Waals surface area contributed by atoms with Crippen LogP contribution in [0.15, 0.2) is 47.3 Å². The first kappa shape index (κ1) is 23.4. The van der Waals surface area contributed by atoms with E-state index in [-0.39, 0.29) is 5.56 Å². The Balaban J connectivity index is 1.16. The SMILES string of the molecule is Cc1cc(=O)n(CCN2CCC(NCc3ccc4c(c3)OCCO4)CC2)c2cc(NC=O)ccc12. The van der Waals surface area contributed by atoms with Gasteiger partial charge in [-0.15, -0.1) is 0 Å². The first-order chi connectivity index (χ1) is 17.1. The summed E-state index contributed by atoms with van der Waals surface area (Å²) in [6.07, 6.45) is 2.80. The maximum Gasteiger partial charge on any atom is 0.251 e. The second kappa shape index (κ2) is 10.5. The molecule has 3 heterocycles. The van der Waals surface area contributed by atoms with E-state index in [1.807, 2.05) is 35.8 Å². The Morgan fingerprint density at radius 1 is 1.00 bits per heavy atom. The van der Waals surface area contributed by atoms with Crippen LogP contribution < -0.4 is 25.7 Å². The van der Waals surface area contributed by atoms with Gasteiger partial charge in [0.2, 0.25) is 6.41 Å². The van der Waals surface area contributed by atoms with Crippen LogP contribution in [0, 0.1) is 6.92 Å². The lowest BCUT2D eigenvalue weighted by molar-refractivity contribution is -0.105. The lowest BCUT2D eigenvalue weighted by Crippen LogP contribution is -2.43. The molecule has 2 aliphatic rings. The van der Waals surface area contributed by atoms with Crippen molar-refractivity contribution in [1.82, 2.24) is 14.8 Å². The van der Waals surface area contributed by atoms with Gasteiger partial charge < -0.3 is 29.6 Å². The molecule has 5 rings (SSSR count). The predicted octanol–water partition coefficient (Wildman–Crippen LogP) is 2.90. The van der Waals surface area contributed by atoms with Crippen LogP contribution in [-0.2, 0) is 17.9 Å². The van der Waals surface area contributed by atoms with Gasteiger partial charge in [0.25, 0.3) is 5.56 Å². The van der Waals surface area contributed by atoms with E-state index in [1.54, 1.807) is 6.07 Å². The number of nitrogens with one attached hydrogen (secondary N) is 2. The van der Waals surface area contributed by atoms with Crippen molar-refractivity contribution in [3.05, 3.63) is 63.9 Å². The zero-order valence-corrected chi connectivity index (χ0v) is 20.1. The third-order valence-corrected chi connectivity index (χ3v) is 6.97. The third kappa shape index (κ3) is 5.33. The zero-order chi connectivity index (χ0) is 24.2. The smallest absolute Gasteiger partial charge is 0.251 e. The summed E-state index contributed by atoms with van der Waals surface area (Å²) in [5, 5.41) is 7.40. The van der Waals surface area contributed by atoms with Gasteiger partial charge in [-0.05, 0) is 68.2 Å². The molecule has 0 spiro atoms. The molecule has 2 N–H and O–H groups in total. The number of benzene rings is 2. The minimum absolute atomic E-state index is 0.00534. The highest BCUT2D eigenvalue weighted by Gasteiger charge is 2.20. The topological polar surface area (TPSA) is 84.8 Å². The van der Waals surface area contributed by atoms with Crippen LogP contribution in [0.2, 0.25) is 0 Å². The van der Waals surface area contributed by atoms with Crippen LogP contribution in [-0.4, -0.2) is 54.8 Å². The summed E-state index contributed by atoms with van der Waals surface area (Å²) in [4.78, 5) is 26.1. The van der Waals surface area contributed by atoms with E-state index in [4.69, 9.17) is 9.47 Å². The van der Waals surface area contributed by atoms with Gasteiger partial charge in [-0.25, -0.2) is 0 Å². The highest BCUT2D eigenvalue weighted by atomic mass is 16.6. The maximum atomic E-state index is 12.8. The summed E-state index contributed by atoms with van der Waals surface area (Å²) >= 11 is 0. The number of ether oxygens (including phenoxy) is 2. The molecule has 0 radical (unpaired) electrons. The number of hydrogen-bond donors (Lipinski definition) is 2. The van der Waals surface area contributed by atoms with E-state index in [2.05, 4.69) is 27.7 Å². The van der Waals surface area contributed by atoms with Crippen molar-refractivity contribution in [2.45, 2.75) is 38.9 Å². The van der Waals surface area contributed by atoms with Gasteiger partial charge in [0, 0.05) is 42.8 Å². The Morgan fingerprint density at radius 2 is 1.80 bits per heavy atom. The Bertz CT molecular complexity index is 1260. The van der Waals surface area contributed by atoms with Crippen molar-refractivity contribution in [3.63, 3.8) is 0 Å². The van der Waals surface area contributed by atoms with Gasteiger partial charge in [0.15, 0.2) is 11.5 Å². The van der Waals surface area contributed by atoms with Crippen LogP contribution in [0.1, 0.15) is 24.0 Å². The van der Waals surface area contributed by atoms with Gasteiger partial charge in [-0.1, -0.05) is 12.1 Å². The minimum atomic E-state index is -0.00534. The third-order valence-electron chi connectivity index (χ3n) is 6.97. The fourth-order valence-electron chi connectivity index (χ4n) is 5.00. The zero-order valence-electron chi connectivity index (χ0n) is 20.1. The van der Waals surface area contributed by atoms with E-state index in [0.717, 1.165) is 67.0 Å². The second-order valence-corrected chi connectivity index (χ2v) is 9.29. The van der Waals surface area contributed by atoms with Gasteiger partial charge in [0.1, 0.15) is 13.2 Å². The Kier molecular flexibility index (Phi) is 7.01. The van der Waals surface area contributed by atoms with Crippen molar-refractivity contribution < 1.29 is 14.3 Å². The molecule has 35 heavy (non-hydrogen) atoms. The molecule has 1 fully saturated rings. The standard InChI is InChI=1S/C27H32N4O4/c1-19-14-27(33)31(24-16-22(29-18-32)3-4-23(19)24)11-10-30-8-6-21(7-9-30)28-17-20-2-5-25-26(15-20)35-13-12-34-25/h2-5,14-16,18,21,28H,6-13,17H2,1H3,(H,29,32). The largest absolute Gasteiger partial charge is 0.486 e. The van der Waals surface area contributed by atoms with Crippen LogP contribution in [0.4, 0.5) is 5.69 Å². The molecule has 0 bridgehead atoms. The average molecular weight is 477 g/mol. The highest BCUT2D eigenvalue weighted by molar-refractivity contribution is 5.87. The quantitative estimate of drug-likeness (QED) is 0.487. The number of rotatable bonds is 8. The van der Waals surface area contributed by atoms with Gasteiger partial charge >= 0.3 is 0 Å². The molecule has 0 atom stereocenters. The summed E-state index contributed by atoms with van der Waals surface area (Å²) in [5.41, 5.74) is 3.69. The molecular weight excluding hydrogens is 444 g/mol. The Morgan fingerprint density at radius 3 is 2.60 bits per heavy atom. The van der Waals surface area contributed by atoms with E-state index in [0.29, 0.717) is 37.9 Å². The summed E-state index contributed by atoms with van der Waals surface area (Å²) in [6.45, 7) is 7.39. The number of aromatic nitrogens is 1.